The number of hydrogen-bond donors (Lipinski definition) is 1. The van der Waals surface area contributed by atoms with Crippen molar-refractivity contribution < 1.29 is 19.1 Å². The molecule has 0 fully saturated rings. The van der Waals surface area contributed by atoms with E-state index in [1.807, 2.05) is 6.92 Å². The van der Waals surface area contributed by atoms with E-state index in [1.165, 1.54) is 4.90 Å². The van der Waals surface area contributed by atoms with Crippen LogP contribution in [0.3, 0.4) is 0 Å². The minimum Gasteiger partial charge on any atom is -0.444 e. The number of carbonyl (C=O) groups is 3. The van der Waals surface area contributed by atoms with Crippen molar-refractivity contribution in [2.45, 2.75) is 45.8 Å². The van der Waals surface area contributed by atoms with E-state index in [9.17, 15) is 14.4 Å². The summed E-state index contributed by atoms with van der Waals surface area (Å²) in [7, 11) is 0. The Bertz CT molecular complexity index is 599. The maximum Gasteiger partial charge on any atom is 0.407 e. The molecule has 0 bridgehead atoms. The fourth-order valence-corrected chi connectivity index (χ4v) is 2.38. The Morgan fingerprint density at radius 3 is 2.13 bits per heavy atom. The maximum absolute atomic E-state index is 12.3. The van der Waals surface area contributed by atoms with Crippen molar-refractivity contribution in [3.05, 3.63) is 35.4 Å². The highest BCUT2D eigenvalue weighted by molar-refractivity contribution is 6.21. The third-order valence-electron chi connectivity index (χ3n) is 3.49. The molecule has 0 saturated heterocycles. The first kappa shape index (κ1) is 17.0. The lowest BCUT2D eigenvalue weighted by Crippen LogP contribution is -2.46. The predicted molar refractivity (Wildman–Crippen MR) is 85.3 cm³/mol. The van der Waals surface area contributed by atoms with Crippen molar-refractivity contribution in [3.63, 3.8) is 0 Å². The van der Waals surface area contributed by atoms with Gasteiger partial charge in [0.25, 0.3) is 11.8 Å². The van der Waals surface area contributed by atoms with Gasteiger partial charge in [0, 0.05) is 6.54 Å². The summed E-state index contributed by atoms with van der Waals surface area (Å²) in [6.45, 7) is 7.33. The first-order chi connectivity index (χ1) is 10.7. The lowest BCUT2D eigenvalue weighted by molar-refractivity contribution is 0.0466. The van der Waals surface area contributed by atoms with Gasteiger partial charge in [-0.2, -0.15) is 0 Å². The normalized spacial score (nSPS) is 15.4. The molecule has 0 aliphatic carbocycles. The molecule has 3 amide bonds. The number of alkyl carbamates (subject to hydrolysis) is 1. The van der Waals surface area contributed by atoms with Crippen LogP contribution >= 0.6 is 0 Å². The van der Waals surface area contributed by atoms with E-state index in [0.717, 1.165) is 0 Å². The van der Waals surface area contributed by atoms with E-state index in [2.05, 4.69) is 5.32 Å². The highest BCUT2D eigenvalue weighted by Crippen LogP contribution is 2.22. The summed E-state index contributed by atoms with van der Waals surface area (Å²) in [6.07, 6.45) is 0.0214. The number of ether oxygens (including phenoxy) is 1. The molecule has 1 aliphatic heterocycles. The zero-order valence-corrected chi connectivity index (χ0v) is 13.9. The van der Waals surface area contributed by atoms with Crippen molar-refractivity contribution in [1.29, 1.82) is 0 Å². The standard InChI is InChI=1S/C17H22N2O4/c1-5-11(18-16(22)23-17(2,3)4)10-19-14(20)12-8-6-7-9-13(12)15(19)21/h6-9,11H,5,10H2,1-4H3,(H,18,22)/t11-/m1/s1. The number of amides is 3. The Balaban J connectivity index is 2.05. The van der Waals surface area contributed by atoms with E-state index < -0.39 is 11.7 Å². The zero-order valence-electron chi connectivity index (χ0n) is 13.9. The van der Waals surface area contributed by atoms with Gasteiger partial charge in [0.1, 0.15) is 5.60 Å². The van der Waals surface area contributed by atoms with Crippen molar-refractivity contribution >= 4 is 17.9 Å². The number of carbonyl (C=O) groups excluding carboxylic acids is 3. The Labute approximate surface area is 135 Å². The molecule has 6 heteroatoms. The van der Waals surface area contributed by atoms with Crippen LogP contribution in [0.15, 0.2) is 24.3 Å². The first-order valence-corrected chi connectivity index (χ1v) is 7.67. The predicted octanol–water partition coefficient (Wildman–Crippen LogP) is 2.59. The summed E-state index contributed by atoms with van der Waals surface area (Å²) >= 11 is 0. The van der Waals surface area contributed by atoms with Gasteiger partial charge in [-0.15, -0.1) is 0 Å². The summed E-state index contributed by atoms with van der Waals surface area (Å²) < 4.78 is 5.21. The number of hydrogen-bond acceptors (Lipinski definition) is 4. The average Bonchev–Trinajstić information content (AvgIpc) is 2.70. The van der Waals surface area contributed by atoms with Crippen molar-refractivity contribution in [2.75, 3.05) is 6.54 Å². The molecule has 124 valence electrons. The summed E-state index contributed by atoms with van der Waals surface area (Å²) in [5, 5.41) is 2.71. The minimum atomic E-state index is -0.599. The van der Waals surface area contributed by atoms with Crippen LogP contribution in [0.2, 0.25) is 0 Å². The van der Waals surface area contributed by atoms with Gasteiger partial charge in [0.15, 0.2) is 0 Å². The van der Waals surface area contributed by atoms with Crippen molar-refractivity contribution in [2.24, 2.45) is 0 Å². The number of fused-ring (bicyclic) bond motifs is 1. The van der Waals surface area contributed by atoms with Crippen LogP contribution in [0.5, 0.6) is 0 Å². The van der Waals surface area contributed by atoms with Crippen LogP contribution in [0.4, 0.5) is 4.79 Å². The van der Waals surface area contributed by atoms with Crippen LogP contribution in [0.25, 0.3) is 0 Å². The van der Waals surface area contributed by atoms with Gasteiger partial charge in [0.05, 0.1) is 17.2 Å². The number of imide groups is 1. The highest BCUT2D eigenvalue weighted by Gasteiger charge is 2.36. The fraction of sp³-hybridized carbons (Fsp3) is 0.471. The SMILES string of the molecule is CC[C@H](CN1C(=O)c2ccccc2C1=O)NC(=O)OC(C)(C)C. The summed E-state index contributed by atoms with van der Waals surface area (Å²) in [5.41, 5.74) is 0.215. The molecular weight excluding hydrogens is 296 g/mol. The quantitative estimate of drug-likeness (QED) is 0.866. The summed E-state index contributed by atoms with van der Waals surface area (Å²) in [5.74, 6) is -0.648. The minimum absolute atomic E-state index is 0.127. The number of nitrogens with one attached hydrogen (secondary N) is 1. The van der Waals surface area contributed by atoms with E-state index in [1.54, 1.807) is 45.0 Å². The molecule has 0 aromatic heterocycles. The molecule has 1 aliphatic rings. The third kappa shape index (κ3) is 3.88. The van der Waals surface area contributed by atoms with Crippen LogP contribution in [-0.4, -0.2) is 41.0 Å². The monoisotopic (exact) mass is 318 g/mol. The van der Waals surface area contributed by atoms with Crippen LogP contribution in [0.1, 0.15) is 54.8 Å². The fourth-order valence-electron chi connectivity index (χ4n) is 2.38. The van der Waals surface area contributed by atoms with Gasteiger partial charge in [-0.3, -0.25) is 14.5 Å². The smallest absolute Gasteiger partial charge is 0.407 e. The Kier molecular flexibility index (Phi) is 4.73. The Morgan fingerprint density at radius 2 is 1.70 bits per heavy atom. The Morgan fingerprint density at radius 1 is 1.17 bits per heavy atom. The summed E-state index contributed by atoms with van der Waals surface area (Å²) in [6, 6.07) is 6.37. The van der Waals surface area contributed by atoms with Gasteiger partial charge < -0.3 is 10.1 Å². The lowest BCUT2D eigenvalue weighted by atomic mass is 10.1. The van der Waals surface area contributed by atoms with Crippen molar-refractivity contribution in [1.82, 2.24) is 10.2 Å². The molecule has 1 N–H and O–H groups in total. The van der Waals surface area contributed by atoms with E-state index >= 15 is 0 Å². The molecular formula is C17H22N2O4. The number of nitrogens with zero attached hydrogens (tertiary/aromatic N) is 1. The molecule has 1 atom stereocenters. The van der Waals surface area contributed by atoms with E-state index in [4.69, 9.17) is 4.74 Å². The van der Waals surface area contributed by atoms with Gasteiger partial charge in [-0.25, -0.2) is 4.79 Å². The summed E-state index contributed by atoms with van der Waals surface area (Å²) in [4.78, 5) is 37.7. The number of rotatable bonds is 4. The van der Waals surface area contributed by atoms with Crippen LogP contribution < -0.4 is 5.32 Å². The molecule has 0 radical (unpaired) electrons. The van der Waals surface area contributed by atoms with Crippen LogP contribution in [-0.2, 0) is 4.74 Å². The Hall–Kier alpha value is -2.37. The van der Waals surface area contributed by atoms with Gasteiger partial charge in [0.2, 0.25) is 0 Å². The first-order valence-electron chi connectivity index (χ1n) is 7.67. The molecule has 2 rings (SSSR count). The molecule has 0 unspecified atom stereocenters. The van der Waals surface area contributed by atoms with Gasteiger partial charge in [-0.1, -0.05) is 19.1 Å². The molecule has 1 aromatic carbocycles. The van der Waals surface area contributed by atoms with Crippen LogP contribution in [0, 0.1) is 0 Å². The molecule has 23 heavy (non-hydrogen) atoms. The van der Waals surface area contributed by atoms with Crippen molar-refractivity contribution in [3.8, 4) is 0 Å². The number of benzene rings is 1. The highest BCUT2D eigenvalue weighted by atomic mass is 16.6. The second-order valence-corrected chi connectivity index (χ2v) is 6.52. The largest absolute Gasteiger partial charge is 0.444 e. The maximum atomic E-state index is 12.3. The van der Waals surface area contributed by atoms with E-state index in [0.29, 0.717) is 17.5 Å². The second-order valence-electron chi connectivity index (χ2n) is 6.52. The molecule has 6 nitrogen and oxygen atoms in total. The molecule has 1 aromatic rings. The van der Waals surface area contributed by atoms with E-state index in [-0.39, 0.29) is 24.4 Å². The molecule has 0 spiro atoms. The van der Waals surface area contributed by atoms with Gasteiger partial charge >= 0.3 is 6.09 Å². The third-order valence-corrected chi connectivity index (χ3v) is 3.49. The average molecular weight is 318 g/mol. The lowest BCUT2D eigenvalue weighted by Gasteiger charge is -2.25. The topological polar surface area (TPSA) is 75.7 Å². The second kappa shape index (κ2) is 6.40. The molecule has 0 saturated carbocycles. The molecule has 1 heterocycles. The van der Waals surface area contributed by atoms with Gasteiger partial charge in [-0.05, 0) is 39.3 Å². The zero-order chi connectivity index (χ0) is 17.2.